The summed E-state index contributed by atoms with van der Waals surface area (Å²) in [7, 11) is 0. The standard InChI is InChI=1S/C25H32F3N3O5/c1-22(2,3)36-21(34)30-18(19(32)31-16-6-15(16)7-17(31)29-4)23-8-13-5-14(9-23)11-24(10-13,12-23)35-20(33)25(26,27)28/h13-18H,5-12H2,1-3H3,(H,30,34)/t13?,14?,15?,16?,17-,18+,23?,24?/m0/s1. The largest absolute Gasteiger partial charge is 0.490 e. The predicted molar refractivity (Wildman–Crippen MR) is 119 cm³/mol. The van der Waals surface area contributed by atoms with E-state index in [0.29, 0.717) is 32.1 Å². The van der Waals surface area contributed by atoms with Crippen molar-refractivity contribution in [2.75, 3.05) is 0 Å². The highest BCUT2D eigenvalue weighted by atomic mass is 19.4. The van der Waals surface area contributed by atoms with E-state index in [9.17, 15) is 27.6 Å². The van der Waals surface area contributed by atoms with Crippen molar-refractivity contribution < 1.29 is 37.0 Å². The number of amides is 2. The van der Waals surface area contributed by atoms with Gasteiger partial charge >= 0.3 is 24.4 Å². The third-order valence-corrected chi connectivity index (χ3v) is 8.59. The third-order valence-electron chi connectivity index (χ3n) is 8.59. The average molecular weight is 512 g/mol. The highest BCUT2D eigenvalue weighted by Gasteiger charge is 2.67. The summed E-state index contributed by atoms with van der Waals surface area (Å²) in [6, 6.07) is -1.13. The number of ether oxygens (including phenoxy) is 2. The molecule has 4 bridgehead atoms. The summed E-state index contributed by atoms with van der Waals surface area (Å²) in [5.41, 5.74) is -3.03. The molecule has 4 unspecified atom stereocenters. The van der Waals surface area contributed by atoms with Gasteiger partial charge in [-0.3, -0.25) is 14.5 Å². The molecule has 5 saturated carbocycles. The number of alkyl carbamates (subject to hydrolysis) is 1. The Morgan fingerprint density at radius 1 is 1.06 bits per heavy atom. The van der Waals surface area contributed by atoms with E-state index in [1.54, 1.807) is 25.7 Å². The minimum Gasteiger partial charge on any atom is -0.452 e. The molecular weight excluding hydrogens is 479 g/mol. The molecule has 1 heterocycles. The molecule has 1 N–H and O–H groups in total. The van der Waals surface area contributed by atoms with Crippen molar-refractivity contribution in [2.24, 2.45) is 23.2 Å². The fourth-order valence-corrected chi connectivity index (χ4v) is 7.87. The zero-order valence-electron chi connectivity index (χ0n) is 20.7. The number of esters is 1. The van der Waals surface area contributed by atoms with E-state index in [2.05, 4.69) is 10.2 Å². The Hall–Kier alpha value is -2.51. The SMILES string of the molecule is [C-]#[N+][C@@H]1CC2CC2N1C(=O)[C@@H](NC(=O)OC(C)(C)C)C12CC3CC(CC(OC(=O)C(F)(F)F)(C3)C1)C2. The van der Waals surface area contributed by atoms with Crippen LogP contribution < -0.4 is 5.32 Å². The Morgan fingerprint density at radius 3 is 2.25 bits per heavy atom. The zero-order valence-corrected chi connectivity index (χ0v) is 20.7. The molecular formula is C25H32F3N3O5. The van der Waals surface area contributed by atoms with Gasteiger partial charge in [0.25, 0.3) is 5.91 Å². The molecule has 0 aromatic carbocycles. The Morgan fingerprint density at radius 2 is 1.69 bits per heavy atom. The van der Waals surface area contributed by atoms with Gasteiger partial charge < -0.3 is 14.8 Å². The summed E-state index contributed by atoms with van der Waals surface area (Å²) in [6.45, 7) is 12.7. The topological polar surface area (TPSA) is 89.3 Å². The number of halogens is 3. The van der Waals surface area contributed by atoms with Crippen LogP contribution in [0.4, 0.5) is 18.0 Å². The summed E-state index contributed by atoms with van der Waals surface area (Å²) in [4.78, 5) is 44.1. The number of likely N-dealkylation sites (tertiary alicyclic amines) is 1. The fourth-order valence-electron chi connectivity index (χ4n) is 7.87. The van der Waals surface area contributed by atoms with E-state index >= 15 is 0 Å². The molecule has 6 atom stereocenters. The first kappa shape index (κ1) is 25.2. The van der Waals surface area contributed by atoms with Gasteiger partial charge in [-0.25, -0.2) is 16.2 Å². The summed E-state index contributed by atoms with van der Waals surface area (Å²) in [5, 5.41) is 2.77. The van der Waals surface area contributed by atoms with Crippen LogP contribution in [0.5, 0.6) is 0 Å². The van der Waals surface area contributed by atoms with Crippen LogP contribution in [0.2, 0.25) is 0 Å². The van der Waals surface area contributed by atoms with Crippen LogP contribution in [0.25, 0.3) is 4.85 Å². The number of piperidine rings is 1. The second-order valence-electron chi connectivity index (χ2n) is 12.6. The molecule has 0 aromatic heterocycles. The van der Waals surface area contributed by atoms with E-state index in [1.807, 2.05) is 0 Å². The number of hydrogen-bond acceptors (Lipinski definition) is 5. The van der Waals surface area contributed by atoms with E-state index < -0.39 is 47.1 Å². The van der Waals surface area contributed by atoms with Gasteiger partial charge in [-0.05, 0) is 83.5 Å². The van der Waals surface area contributed by atoms with Gasteiger partial charge in [-0.1, -0.05) is 0 Å². The van der Waals surface area contributed by atoms with Crippen LogP contribution in [0, 0.1) is 29.7 Å². The molecule has 6 rings (SSSR count). The lowest BCUT2D eigenvalue weighted by molar-refractivity contribution is -0.240. The Balaban J connectivity index is 1.48. The molecule has 1 saturated heterocycles. The van der Waals surface area contributed by atoms with E-state index in [-0.39, 0.29) is 36.1 Å². The van der Waals surface area contributed by atoms with Crippen LogP contribution in [-0.2, 0) is 19.1 Å². The molecule has 2 amide bonds. The lowest BCUT2D eigenvalue weighted by atomic mass is 9.46. The molecule has 1 aliphatic heterocycles. The summed E-state index contributed by atoms with van der Waals surface area (Å²) < 4.78 is 50.1. The second-order valence-corrected chi connectivity index (χ2v) is 12.6. The maximum Gasteiger partial charge on any atom is 0.490 e. The van der Waals surface area contributed by atoms with Crippen LogP contribution in [0.1, 0.15) is 72.1 Å². The highest BCUT2D eigenvalue weighted by Crippen LogP contribution is 2.64. The molecule has 8 nitrogen and oxygen atoms in total. The number of rotatable bonds is 4. The van der Waals surface area contributed by atoms with Crippen molar-refractivity contribution in [2.45, 2.75) is 108 Å². The molecule has 11 heteroatoms. The third kappa shape index (κ3) is 4.41. The van der Waals surface area contributed by atoms with Gasteiger partial charge in [0.15, 0.2) is 0 Å². The predicted octanol–water partition coefficient (Wildman–Crippen LogP) is 4.19. The minimum atomic E-state index is -5.11. The van der Waals surface area contributed by atoms with Gasteiger partial charge in [0.1, 0.15) is 17.2 Å². The second kappa shape index (κ2) is 7.99. The number of nitrogens with one attached hydrogen (secondary N) is 1. The summed E-state index contributed by atoms with van der Waals surface area (Å²) >= 11 is 0. The van der Waals surface area contributed by atoms with E-state index in [1.165, 1.54) is 0 Å². The van der Waals surface area contributed by atoms with Crippen LogP contribution in [0.3, 0.4) is 0 Å². The number of fused-ring (bicyclic) bond motifs is 1. The summed E-state index contributed by atoms with van der Waals surface area (Å²) in [6.07, 6.45) is -2.56. The van der Waals surface area contributed by atoms with Crippen LogP contribution in [0.15, 0.2) is 0 Å². The number of nitrogens with zero attached hydrogens (tertiary/aromatic N) is 2. The van der Waals surface area contributed by atoms with Gasteiger partial charge in [-0.2, -0.15) is 13.2 Å². The molecule has 0 radical (unpaired) electrons. The van der Waals surface area contributed by atoms with Gasteiger partial charge in [0.2, 0.25) is 0 Å². The van der Waals surface area contributed by atoms with Crippen molar-refractivity contribution in [3.05, 3.63) is 11.4 Å². The lowest BCUT2D eigenvalue weighted by Crippen LogP contribution is -2.67. The number of carbonyl (C=O) groups excluding carboxylic acids is 3. The molecule has 0 spiro atoms. The van der Waals surface area contributed by atoms with Crippen LogP contribution >= 0.6 is 0 Å². The van der Waals surface area contributed by atoms with Crippen molar-refractivity contribution in [3.63, 3.8) is 0 Å². The molecule has 6 aliphatic rings. The first-order valence-electron chi connectivity index (χ1n) is 12.6. The maximum absolute atomic E-state index is 14.1. The highest BCUT2D eigenvalue weighted by molar-refractivity contribution is 5.88. The quantitative estimate of drug-likeness (QED) is 0.452. The number of alkyl halides is 3. The molecule has 6 fully saturated rings. The maximum atomic E-state index is 14.1. The smallest absolute Gasteiger partial charge is 0.452 e. The fraction of sp³-hybridized carbons (Fsp3) is 0.840. The monoisotopic (exact) mass is 511 g/mol. The normalized spacial score (nSPS) is 39.1. The Bertz CT molecular complexity index is 1000. The first-order chi connectivity index (χ1) is 16.6. The number of hydrogen-bond donors (Lipinski definition) is 1. The molecule has 198 valence electrons. The van der Waals surface area contributed by atoms with Gasteiger partial charge in [0.05, 0.1) is 0 Å². The number of carbonyl (C=O) groups is 3. The minimum absolute atomic E-state index is 0.0214. The van der Waals surface area contributed by atoms with Gasteiger partial charge in [-0.15, -0.1) is 0 Å². The van der Waals surface area contributed by atoms with Crippen molar-refractivity contribution in [1.82, 2.24) is 10.2 Å². The molecule has 5 aliphatic carbocycles. The van der Waals surface area contributed by atoms with E-state index in [4.69, 9.17) is 16.0 Å². The first-order valence-corrected chi connectivity index (χ1v) is 12.6. The zero-order chi connectivity index (χ0) is 26.3. The Kier molecular flexibility index (Phi) is 5.58. The van der Waals surface area contributed by atoms with Crippen LogP contribution in [-0.4, -0.2) is 58.5 Å². The average Bonchev–Trinajstić information content (AvgIpc) is 3.37. The molecule has 36 heavy (non-hydrogen) atoms. The van der Waals surface area contributed by atoms with Crippen molar-refractivity contribution >= 4 is 18.0 Å². The molecule has 0 aromatic rings. The van der Waals surface area contributed by atoms with Gasteiger partial charge in [0, 0.05) is 17.9 Å². The van der Waals surface area contributed by atoms with E-state index in [0.717, 1.165) is 12.8 Å². The lowest BCUT2D eigenvalue weighted by Gasteiger charge is -2.62. The van der Waals surface area contributed by atoms with Crippen molar-refractivity contribution in [1.29, 1.82) is 0 Å². The summed E-state index contributed by atoms with van der Waals surface area (Å²) in [5.74, 6) is -2.37. The Labute approximate surface area is 208 Å². The van der Waals surface area contributed by atoms with Crippen molar-refractivity contribution in [3.8, 4) is 0 Å².